The lowest BCUT2D eigenvalue weighted by Crippen LogP contribution is -2.14. The number of anilines is 1. The Balaban J connectivity index is 2.32. The first-order chi connectivity index (χ1) is 15.3. The highest BCUT2D eigenvalue weighted by Gasteiger charge is 2.15. The molecule has 0 unspecified atom stereocenters. The number of esters is 1. The average Bonchev–Trinajstić information content (AvgIpc) is 2.77. The molecule has 0 saturated carbocycles. The number of carboxylic acids is 1. The molecule has 0 radical (unpaired) electrons. The number of benzene rings is 2. The van der Waals surface area contributed by atoms with Crippen molar-refractivity contribution in [3.63, 3.8) is 0 Å². The number of carbonyl (C=O) groups is 3. The van der Waals surface area contributed by atoms with Crippen LogP contribution < -0.4 is 14.8 Å². The van der Waals surface area contributed by atoms with E-state index in [4.69, 9.17) is 14.6 Å². The average molecular weight is 503 g/mol. The van der Waals surface area contributed by atoms with Gasteiger partial charge in [-0.3, -0.25) is 4.79 Å². The van der Waals surface area contributed by atoms with E-state index < -0.39 is 17.8 Å². The third-order valence-electron chi connectivity index (χ3n) is 3.97. The Morgan fingerprint density at radius 2 is 1.91 bits per heavy atom. The maximum Gasteiger partial charge on any atom is 0.343 e. The fourth-order valence-corrected chi connectivity index (χ4v) is 2.91. The minimum absolute atomic E-state index is 0.00284. The number of nitrogens with zero attached hydrogens (tertiary/aromatic N) is 1. The third-order valence-corrected chi connectivity index (χ3v) is 4.66. The molecule has 0 saturated heterocycles. The van der Waals surface area contributed by atoms with Crippen molar-refractivity contribution >= 4 is 45.5 Å². The summed E-state index contributed by atoms with van der Waals surface area (Å²) in [6.45, 7) is 1.76. The smallest absolute Gasteiger partial charge is 0.343 e. The van der Waals surface area contributed by atoms with Crippen LogP contribution in [0.2, 0.25) is 0 Å². The van der Waals surface area contributed by atoms with E-state index in [1.165, 1.54) is 37.5 Å². The first kappa shape index (κ1) is 24.4. The fraction of sp³-hybridized carbons (Fsp3) is 0.182. The van der Waals surface area contributed by atoms with E-state index >= 15 is 0 Å². The van der Waals surface area contributed by atoms with Gasteiger partial charge in [0.05, 0.1) is 19.3 Å². The van der Waals surface area contributed by atoms with Crippen molar-refractivity contribution in [3.05, 3.63) is 57.6 Å². The van der Waals surface area contributed by atoms with Gasteiger partial charge in [0.2, 0.25) is 0 Å². The summed E-state index contributed by atoms with van der Waals surface area (Å²) in [7, 11) is 1.24. The summed E-state index contributed by atoms with van der Waals surface area (Å²) < 4.78 is 16.0. The first-order valence-corrected chi connectivity index (χ1v) is 10.0. The zero-order valence-electron chi connectivity index (χ0n) is 17.2. The predicted octanol–water partition coefficient (Wildman–Crippen LogP) is 3.64. The number of aromatic carboxylic acids is 1. The van der Waals surface area contributed by atoms with Crippen LogP contribution in [0.15, 0.2) is 46.4 Å². The van der Waals surface area contributed by atoms with Crippen LogP contribution in [0.5, 0.6) is 11.5 Å². The number of methoxy groups -OCH3 is 1. The maximum atomic E-state index is 12.6. The van der Waals surface area contributed by atoms with Gasteiger partial charge in [0.15, 0.2) is 18.1 Å². The molecule has 0 aliphatic carbocycles. The molecule has 166 valence electrons. The van der Waals surface area contributed by atoms with Gasteiger partial charge in [-0.2, -0.15) is 5.26 Å². The molecule has 0 aromatic heterocycles. The van der Waals surface area contributed by atoms with Crippen LogP contribution in [0, 0.1) is 11.3 Å². The second-order valence-corrected chi connectivity index (χ2v) is 6.98. The lowest BCUT2D eigenvalue weighted by molar-refractivity contribution is -0.142. The molecule has 2 aromatic rings. The number of nitriles is 1. The molecule has 2 aromatic carbocycles. The van der Waals surface area contributed by atoms with Crippen molar-refractivity contribution in [1.82, 2.24) is 0 Å². The van der Waals surface area contributed by atoms with Crippen molar-refractivity contribution in [2.45, 2.75) is 6.92 Å². The van der Waals surface area contributed by atoms with Crippen molar-refractivity contribution in [1.29, 1.82) is 5.26 Å². The summed E-state index contributed by atoms with van der Waals surface area (Å²) in [6.07, 6.45) is 1.34. The molecule has 0 bridgehead atoms. The molecule has 0 aliphatic heterocycles. The third kappa shape index (κ3) is 6.58. The standard InChI is InChI=1S/C22H19BrN2O7/c1-3-31-18-9-14(17(23)10-19(18)32-12-20(26)30-2)7-15(11-24)21(27)25-16-6-4-5-13(8-16)22(28)29/h4-10H,3,12H2,1-2H3,(H,25,27)(H,28,29)/b15-7-. The monoisotopic (exact) mass is 502 g/mol. The van der Waals surface area contributed by atoms with Gasteiger partial charge in [-0.25, -0.2) is 9.59 Å². The highest BCUT2D eigenvalue weighted by molar-refractivity contribution is 9.10. The molecular weight excluding hydrogens is 484 g/mol. The predicted molar refractivity (Wildman–Crippen MR) is 118 cm³/mol. The van der Waals surface area contributed by atoms with Gasteiger partial charge in [0.25, 0.3) is 5.91 Å². The second kappa shape index (κ2) is 11.5. The molecule has 0 spiro atoms. The molecule has 0 heterocycles. The minimum atomic E-state index is -1.14. The van der Waals surface area contributed by atoms with Crippen LogP contribution in [0.3, 0.4) is 0 Å². The molecule has 10 heteroatoms. The van der Waals surface area contributed by atoms with Gasteiger partial charge in [-0.15, -0.1) is 0 Å². The topological polar surface area (TPSA) is 135 Å². The van der Waals surface area contributed by atoms with E-state index in [2.05, 4.69) is 26.0 Å². The van der Waals surface area contributed by atoms with Crippen LogP contribution in [0.25, 0.3) is 6.08 Å². The second-order valence-electron chi connectivity index (χ2n) is 6.13. The Kier molecular flexibility index (Phi) is 8.80. The maximum absolute atomic E-state index is 12.6. The summed E-state index contributed by atoms with van der Waals surface area (Å²) >= 11 is 3.35. The van der Waals surface area contributed by atoms with Crippen LogP contribution in [-0.2, 0) is 14.3 Å². The summed E-state index contributed by atoms with van der Waals surface area (Å²) in [5.74, 6) is -1.85. The van der Waals surface area contributed by atoms with Gasteiger partial charge >= 0.3 is 11.9 Å². The zero-order valence-corrected chi connectivity index (χ0v) is 18.8. The Bertz CT molecular complexity index is 1110. The molecule has 9 nitrogen and oxygen atoms in total. The van der Waals surface area contributed by atoms with Crippen molar-refractivity contribution in [3.8, 4) is 17.6 Å². The zero-order chi connectivity index (χ0) is 23.7. The van der Waals surface area contributed by atoms with E-state index in [1.54, 1.807) is 19.1 Å². The molecule has 0 atom stereocenters. The van der Waals surface area contributed by atoms with E-state index in [0.717, 1.165) is 0 Å². The largest absolute Gasteiger partial charge is 0.490 e. The van der Waals surface area contributed by atoms with Gasteiger partial charge in [0, 0.05) is 10.2 Å². The Morgan fingerprint density at radius 3 is 2.53 bits per heavy atom. The van der Waals surface area contributed by atoms with Gasteiger partial charge in [-0.05, 0) is 48.9 Å². The van der Waals surface area contributed by atoms with E-state index in [9.17, 15) is 19.6 Å². The highest BCUT2D eigenvalue weighted by Crippen LogP contribution is 2.35. The summed E-state index contributed by atoms with van der Waals surface area (Å²) in [5, 5.41) is 21.0. The lowest BCUT2D eigenvalue weighted by atomic mass is 10.1. The highest BCUT2D eigenvalue weighted by atomic mass is 79.9. The number of amides is 1. The summed E-state index contributed by atoms with van der Waals surface area (Å²) in [4.78, 5) is 35.0. The molecule has 0 aliphatic rings. The molecule has 0 fully saturated rings. The van der Waals surface area contributed by atoms with Crippen LogP contribution >= 0.6 is 15.9 Å². The van der Waals surface area contributed by atoms with Crippen LogP contribution in [0.1, 0.15) is 22.8 Å². The molecule has 2 rings (SSSR count). The number of carboxylic acid groups (broad SMARTS) is 1. The number of hydrogen-bond acceptors (Lipinski definition) is 7. The van der Waals surface area contributed by atoms with Crippen LogP contribution in [-0.4, -0.2) is 43.3 Å². The first-order valence-electron chi connectivity index (χ1n) is 9.21. The van der Waals surface area contributed by atoms with Crippen molar-refractivity contribution in [2.75, 3.05) is 25.6 Å². The van der Waals surface area contributed by atoms with Gasteiger partial charge < -0.3 is 24.6 Å². The quantitative estimate of drug-likeness (QED) is 0.301. The Morgan fingerprint density at radius 1 is 1.19 bits per heavy atom. The van der Waals surface area contributed by atoms with Crippen molar-refractivity contribution in [2.24, 2.45) is 0 Å². The molecule has 32 heavy (non-hydrogen) atoms. The normalized spacial score (nSPS) is 10.6. The number of hydrogen-bond donors (Lipinski definition) is 2. The van der Waals surface area contributed by atoms with E-state index in [0.29, 0.717) is 22.4 Å². The van der Waals surface area contributed by atoms with Crippen molar-refractivity contribution < 1.29 is 33.7 Å². The number of carbonyl (C=O) groups excluding carboxylic acids is 2. The number of halogens is 1. The fourth-order valence-electron chi connectivity index (χ4n) is 2.47. The van der Waals surface area contributed by atoms with Gasteiger partial charge in [-0.1, -0.05) is 22.0 Å². The van der Waals surface area contributed by atoms with E-state index in [-0.39, 0.29) is 29.2 Å². The summed E-state index contributed by atoms with van der Waals surface area (Å²) in [6, 6.07) is 10.6. The lowest BCUT2D eigenvalue weighted by Gasteiger charge is -2.13. The van der Waals surface area contributed by atoms with Crippen LogP contribution in [0.4, 0.5) is 5.69 Å². The number of nitrogens with one attached hydrogen (secondary N) is 1. The SMILES string of the molecule is CCOc1cc(/C=C(/C#N)C(=O)Nc2cccc(C(=O)O)c2)c(Br)cc1OCC(=O)OC. The number of ether oxygens (including phenoxy) is 3. The van der Waals surface area contributed by atoms with E-state index in [1.807, 2.05) is 6.07 Å². The van der Waals surface area contributed by atoms with Gasteiger partial charge in [0.1, 0.15) is 11.6 Å². The Hall–Kier alpha value is -3.84. The molecule has 2 N–H and O–H groups in total. The minimum Gasteiger partial charge on any atom is -0.490 e. The molecular formula is C22H19BrN2O7. The summed E-state index contributed by atoms with van der Waals surface area (Å²) in [5.41, 5.74) is 0.454. The number of rotatable bonds is 9. The molecule has 1 amide bonds. The Labute approximate surface area is 192 Å².